The molecule has 78 valence electrons. The Balaban J connectivity index is 2.44. The van der Waals surface area contributed by atoms with Crippen LogP contribution in [-0.4, -0.2) is 4.98 Å². The van der Waals surface area contributed by atoms with Crippen molar-refractivity contribution in [3.8, 4) is 10.6 Å². The molecule has 2 aromatic rings. The minimum atomic E-state index is 0.421. The van der Waals surface area contributed by atoms with E-state index < -0.39 is 0 Å². The van der Waals surface area contributed by atoms with E-state index in [0.29, 0.717) is 15.9 Å². The summed E-state index contributed by atoms with van der Waals surface area (Å²) in [6.45, 7) is 0. The van der Waals surface area contributed by atoms with E-state index in [-0.39, 0.29) is 0 Å². The predicted molar refractivity (Wildman–Crippen MR) is 67.1 cm³/mol. The van der Waals surface area contributed by atoms with E-state index in [1.54, 1.807) is 6.07 Å². The topological polar surface area (TPSA) is 12.9 Å². The summed E-state index contributed by atoms with van der Waals surface area (Å²) in [6, 6.07) is 5.37. The molecule has 0 spiro atoms. The minimum absolute atomic E-state index is 0.421. The number of hydrogen-bond donors (Lipinski definition) is 0. The third kappa shape index (κ3) is 2.64. The van der Waals surface area contributed by atoms with Crippen LogP contribution in [0.5, 0.6) is 0 Å². The lowest BCUT2D eigenvalue weighted by molar-refractivity contribution is 1.23. The van der Waals surface area contributed by atoms with Gasteiger partial charge in [0.05, 0.1) is 11.6 Å². The Bertz CT molecular complexity index is 461. The molecule has 0 atom stereocenters. The second-order valence-electron chi connectivity index (χ2n) is 2.94. The molecule has 5 heteroatoms. The summed E-state index contributed by atoms with van der Waals surface area (Å²) < 4.78 is 0. The molecule has 0 unspecified atom stereocenters. The lowest BCUT2D eigenvalue weighted by atomic mass is 10.2. The van der Waals surface area contributed by atoms with Gasteiger partial charge in [-0.05, 0) is 18.2 Å². The van der Waals surface area contributed by atoms with Crippen molar-refractivity contribution in [1.82, 2.24) is 4.98 Å². The smallest absolute Gasteiger partial charge is 0.123 e. The van der Waals surface area contributed by atoms with Gasteiger partial charge >= 0.3 is 0 Å². The van der Waals surface area contributed by atoms with Crippen LogP contribution in [0, 0.1) is 0 Å². The van der Waals surface area contributed by atoms with Crippen LogP contribution >= 0.6 is 46.1 Å². The number of nitrogens with zero attached hydrogens (tertiary/aromatic N) is 1. The molecule has 0 N–H and O–H groups in total. The van der Waals surface area contributed by atoms with E-state index in [9.17, 15) is 0 Å². The standard InChI is InChI=1S/C10H6Cl3NS/c11-4-9-5-15-10(14-9)6-1-7(12)3-8(13)2-6/h1-3,5H,4H2. The maximum Gasteiger partial charge on any atom is 0.123 e. The van der Waals surface area contributed by atoms with Crippen molar-refractivity contribution < 1.29 is 0 Å². The Morgan fingerprint density at radius 3 is 2.33 bits per heavy atom. The third-order valence-corrected chi connectivity index (χ3v) is 3.45. The molecular weight excluding hydrogens is 273 g/mol. The van der Waals surface area contributed by atoms with Crippen molar-refractivity contribution in [2.24, 2.45) is 0 Å². The van der Waals surface area contributed by atoms with E-state index in [1.165, 1.54) is 11.3 Å². The zero-order valence-electron chi connectivity index (χ0n) is 7.51. The highest BCUT2D eigenvalue weighted by Gasteiger charge is 2.06. The summed E-state index contributed by atoms with van der Waals surface area (Å²) >= 11 is 19.0. The van der Waals surface area contributed by atoms with Crippen molar-refractivity contribution in [1.29, 1.82) is 0 Å². The molecule has 1 aromatic carbocycles. The highest BCUT2D eigenvalue weighted by atomic mass is 35.5. The Morgan fingerprint density at radius 1 is 1.13 bits per heavy atom. The van der Waals surface area contributed by atoms with E-state index in [2.05, 4.69) is 4.98 Å². The Morgan fingerprint density at radius 2 is 1.80 bits per heavy atom. The number of benzene rings is 1. The second kappa shape index (κ2) is 4.71. The maximum atomic E-state index is 5.91. The molecule has 0 aliphatic carbocycles. The van der Waals surface area contributed by atoms with Crippen LogP contribution in [-0.2, 0) is 5.88 Å². The van der Waals surface area contributed by atoms with Crippen LogP contribution in [0.3, 0.4) is 0 Å². The van der Waals surface area contributed by atoms with Crippen molar-refractivity contribution >= 4 is 46.1 Å². The highest BCUT2D eigenvalue weighted by molar-refractivity contribution is 7.13. The fourth-order valence-electron chi connectivity index (χ4n) is 1.18. The molecule has 0 fully saturated rings. The van der Waals surface area contributed by atoms with Crippen molar-refractivity contribution in [2.75, 3.05) is 0 Å². The van der Waals surface area contributed by atoms with Crippen molar-refractivity contribution in [2.45, 2.75) is 5.88 Å². The second-order valence-corrected chi connectivity index (χ2v) is 4.93. The fraction of sp³-hybridized carbons (Fsp3) is 0.100. The number of rotatable bonds is 2. The summed E-state index contributed by atoms with van der Waals surface area (Å²) in [6.07, 6.45) is 0. The Kier molecular flexibility index (Phi) is 3.52. The molecule has 0 bridgehead atoms. The predicted octanol–water partition coefficient (Wildman–Crippen LogP) is 4.86. The number of alkyl halides is 1. The lowest BCUT2D eigenvalue weighted by Gasteiger charge is -1.98. The average Bonchev–Trinajstić information content (AvgIpc) is 2.64. The molecule has 0 aliphatic heterocycles. The lowest BCUT2D eigenvalue weighted by Crippen LogP contribution is -1.80. The van der Waals surface area contributed by atoms with Crippen molar-refractivity contribution in [3.05, 3.63) is 39.3 Å². The minimum Gasteiger partial charge on any atom is -0.240 e. The van der Waals surface area contributed by atoms with Crippen LogP contribution in [0.2, 0.25) is 10.0 Å². The van der Waals surface area contributed by atoms with E-state index in [0.717, 1.165) is 16.3 Å². The first-order chi connectivity index (χ1) is 7.19. The molecule has 0 aliphatic rings. The van der Waals surface area contributed by atoms with Gasteiger partial charge in [-0.3, -0.25) is 0 Å². The quantitative estimate of drug-likeness (QED) is 0.715. The molecule has 1 heterocycles. The van der Waals surface area contributed by atoms with E-state index in [1.807, 2.05) is 17.5 Å². The Labute approximate surface area is 107 Å². The number of thiazole rings is 1. The molecule has 0 saturated carbocycles. The first-order valence-corrected chi connectivity index (χ1v) is 6.33. The first-order valence-electron chi connectivity index (χ1n) is 4.16. The molecule has 15 heavy (non-hydrogen) atoms. The van der Waals surface area contributed by atoms with Gasteiger partial charge in [-0.25, -0.2) is 4.98 Å². The van der Waals surface area contributed by atoms with Gasteiger partial charge in [-0.1, -0.05) is 23.2 Å². The first kappa shape index (κ1) is 11.2. The summed E-state index contributed by atoms with van der Waals surface area (Å²) in [5.74, 6) is 0.421. The third-order valence-electron chi connectivity index (χ3n) is 1.80. The molecular formula is C10H6Cl3NS. The van der Waals surface area contributed by atoms with Gasteiger partial charge in [0.15, 0.2) is 0 Å². The van der Waals surface area contributed by atoms with Crippen LogP contribution in [0.25, 0.3) is 10.6 Å². The van der Waals surface area contributed by atoms with Gasteiger partial charge in [0, 0.05) is 21.0 Å². The number of halogens is 3. The summed E-state index contributed by atoms with van der Waals surface area (Å²) in [7, 11) is 0. The van der Waals surface area contributed by atoms with Gasteiger partial charge in [0.25, 0.3) is 0 Å². The van der Waals surface area contributed by atoms with Gasteiger partial charge in [-0.2, -0.15) is 0 Å². The molecule has 0 amide bonds. The van der Waals surface area contributed by atoms with E-state index in [4.69, 9.17) is 34.8 Å². The fourth-order valence-corrected chi connectivity index (χ4v) is 2.74. The average molecular weight is 279 g/mol. The zero-order chi connectivity index (χ0) is 10.8. The molecule has 0 radical (unpaired) electrons. The van der Waals surface area contributed by atoms with Crippen LogP contribution in [0.4, 0.5) is 0 Å². The monoisotopic (exact) mass is 277 g/mol. The van der Waals surface area contributed by atoms with Gasteiger partial charge < -0.3 is 0 Å². The van der Waals surface area contributed by atoms with Gasteiger partial charge in [0.1, 0.15) is 5.01 Å². The highest BCUT2D eigenvalue weighted by Crippen LogP contribution is 2.29. The SMILES string of the molecule is ClCc1csc(-c2cc(Cl)cc(Cl)c2)n1. The molecule has 1 aromatic heterocycles. The van der Waals surface area contributed by atoms with Gasteiger partial charge in [-0.15, -0.1) is 22.9 Å². The zero-order valence-corrected chi connectivity index (χ0v) is 10.6. The number of hydrogen-bond acceptors (Lipinski definition) is 2. The number of aromatic nitrogens is 1. The maximum absolute atomic E-state index is 5.91. The molecule has 2 rings (SSSR count). The largest absolute Gasteiger partial charge is 0.240 e. The van der Waals surface area contributed by atoms with Crippen LogP contribution in [0.1, 0.15) is 5.69 Å². The van der Waals surface area contributed by atoms with Crippen molar-refractivity contribution in [3.63, 3.8) is 0 Å². The van der Waals surface area contributed by atoms with Crippen LogP contribution in [0.15, 0.2) is 23.6 Å². The van der Waals surface area contributed by atoms with E-state index >= 15 is 0 Å². The molecule has 1 nitrogen and oxygen atoms in total. The summed E-state index contributed by atoms with van der Waals surface area (Å²) in [5, 5.41) is 4.03. The molecule has 0 saturated heterocycles. The summed E-state index contributed by atoms with van der Waals surface area (Å²) in [4.78, 5) is 4.35. The normalized spacial score (nSPS) is 10.6. The summed E-state index contributed by atoms with van der Waals surface area (Å²) in [5.41, 5.74) is 1.79. The van der Waals surface area contributed by atoms with Gasteiger partial charge in [0.2, 0.25) is 0 Å². The van der Waals surface area contributed by atoms with Crippen LogP contribution < -0.4 is 0 Å². The Hall–Kier alpha value is -0.280.